The van der Waals surface area contributed by atoms with Gasteiger partial charge in [-0.1, -0.05) is 67.1 Å². The van der Waals surface area contributed by atoms with Crippen LogP contribution in [0, 0.1) is 0 Å². The first-order valence-electron chi connectivity index (χ1n) is 12.3. The van der Waals surface area contributed by atoms with Crippen LogP contribution >= 0.6 is 35.6 Å². The van der Waals surface area contributed by atoms with Gasteiger partial charge in [0, 0.05) is 17.3 Å². The Morgan fingerprint density at radius 1 is 1.24 bits per heavy atom. The van der Waals surface area contributed by atoms with E-state index in [-0.39, 0.29) is 17.4 Å². The number of hydrogen-bond acceptors (Lipinski definition) is 7. The molecule has 1 amide bonds. The van der Waals surface area contributed by atoms with E-state index in [0.29, 0.717) is 44.3 Å². The molecule has 38 heavy (non-hydrogen) atoms. The number of thiocarbonyl (C=S) groups is 1. The van der Waals surface area contributed by atoms with Crippen molar-refractivity contribution in [2.75, 3.05) is 18.1 Å². The van der Waals surface area contributed by atoms with E-state index in [1.807, 2.05) is 54.7 Å². The number of benzene rings is 2. The molecule has 0 spiro atoms. The maximum absolute atomic E-state index is 13.4. The van der Waals surface area contributed by atoms with Crippen molar-refractivity contribution in [3.8, 4) is 22.7 Å². The Bertz CT molecular complexity index is 1520. The fourth-order valence-electron chi connectivity index (χ4n) is 4.44. The van der Waals surface area contributed by atoms with Crippen LogP contribution in [0.4, 0.5) is 0 Å². The Kier molecular flexibility index (Phi) is 7.95. The molecule has 5 rings (SSSR count). The van der Waals surface area contributed by atoms with Gasteiger partial charge < -0.3 is 4.74 Å². The molecule has 0 bridgehead atoms. The lowest BCUT2D eigenvalue weighted by Gasteiger charge is -2.20. The second-order valence-corrected chi connectivity index (χ2v) is 13.5. The lowest BCUT2D eigenvalue weighted by Crippen LogP contribution is -2.39. The fraction of sp³-hybridized carbons (Fsp3) is 0.296. The van der Waals surface area contributed by atoms with Gasteiger partial charge in [-0.2, -0.15) is 5.10 Å². The number of para-hydroxylation sites is 1. The number of hydrogen-bond donors (Lipinski definition) is 0. The van der Waals surface area contributed by atoms with Crippen molar-refractivity contribution in [1.82, 2.24) is 14.7 Å². The summed E-state index contributed by atoms with van der Waals surface area (Å²) in [6.45, 7) is 2.69. The van der Waals surface area contributed by atoms with Crippen LogP contribution in [0.25, 0.3) is 23.0 Å². The van der Waals surface area contributed by atoms with E-state index >= 15 is 0 Å². The van der Waals surface area contributed by atoms with E-state index in [9.17, 15) is 13.2 Å². The number of ether oxygens (including phenoxy) is 1. The van der Waals surface area contributed by atoms with Gasteiger partial charge in [0.1, 0.15) is 15.8 Å². The number of halogens is 1. The van der Waals surface area contributed by atoms with Crippen LogP contribution in [0.5, 0.6) is 5.75 Å². The van der Waals surface area contributed by atoms with Crippen LogP contribution in [-0.4, -0.2) is 57.5 Å². The van der Waals surface area contributed by atoms with Gasteiger partial charge in [0.05, 0.1) is 39.8 Å². The summed E-state index contributed by atoms with van der Waals surface area (Å²) in [6.07, 6.45) is 5.98. The van der Waals surface area contributed by atoms with Gasteiger partial charge in [0.2, 0.25) is 0 Å². The number of carbonyl (C=O) groups is 1. The van der Waals surface area contributed by atoms with Crippen molar-refractivity contribution in [2.24, 2.45) is 0 Å². The van der Waals surface area contributed by atoms with E-state index in [2.05, 4.69) is 6.92 Å². The fourth-order valence-corrected chi connectivity index (χ4v) is 7.76. The Hall–Kier alpha value is -2.66. The highest BCUT2D eigenvalue weighted by Gasteiger charge is 2.42. The van der Waals surface area contributed by atoms with Crippen molar-refractivity contribution >= 4 is 61.7 Å². The molecule has 1 unspecified atom stereocenters. The molecule has 198 valence electrons. The lowest BCUT2D eigenvalue weighted by molar-refractivity contribution is -0.123. The summed E-state index contributed by atoms with van der Waals surface area (Å²) in [4.78, 5) is 15.2. The number of thioether (sulfide) groups is 1. The zero-order chi connectivity index (χ0) is 26.9. The predicted octanol–water partition coefficient (Wildman–Crippen LogP) is 5.76. The number of amides is 1. The quantitative estimate of drug-likeness (QED) is 0.188. The number of unbranched alkanes of at least 4 members (excludes halogenated alkanes) is 1. The summed E-state index contributed by atoms with van der Waals surface area (Å²) >= 11 is 13.2. The average Bonchev–Trinajstić information content (AvgIpc) is 3.55. The summed E-state index contributed by atoms with van der Waals surface area (Å²) < 4.78 is 32.0. The maximum Gasteiger partial charge on any atom is 0.266 e. The van der Waals surface area contributed by atoms with E-state index in [0.717, 1.165) is 24.1 Å². The van der Waals surface area contributed by atoms with Gasteiger partial charge in [-0.15, -0.1) is 0 Å². The second-order valence-electron chi connectivity index (χ2n) is 9.17. The molecule has 7 nitrogen and oxygen atoms in total. The molecule has 2 saturated heterocycles. The molecule has 2 aromatic carbocycles. The summed E-state index contributed by atoms with van der Waals surface area (Å²) in [6, 6.07) is 14.8. The first-order valence-corrected chi connectivity index (χ1v) is 15.7. The third-order valence-corrected chi connectivity index (χ3v) is 9.78. The molecule has 2 fully saturated rings. The van der Waals surface area contributed by atoms with Crippen molar-refractivity contribution < 1.29 is 17.9 Å². The van der Waals surface area contributed by atoms with Crippen LogP contribution in [0.3, 0.4) is 0 Å². The predicted molar refractivity (Wildman–Crippen MR) is 156 cm³/mol. The van der Waals surface area contributed by atoms with E-state index in [4.69, 9.17) is 33.7 Å². The smallest absolute Gasteiger partial charge is 0.266 e. The molecule has 0 aliphatic carbocycles. The second kappa shape index (κ2) is 11.2. The topological polar surface area (TPSA) is 81.5 Å². The van der Waals surface area contributed by atoms with E-state index in [1.54, 1.807) is 10.8 Å². The summed E-state index contributed by atoms with van der Waals surface area (Å²) in [7, 11) is -3.16. The summed E-state index contributed by atoms with van der Waals surface area (Å²) in [5.41, 5.74) is 2.99. The first-order chi connectivity index (χ1) is 18.3. The van der Waals surface area contributed by atoms with Crippen LogP contribution in [0.2, 0.25) is 5.02 Å². The Balaban J connectivity index is 1.51. The molecular formula is C27H26ClN3O4S3. The number of nitrogens with zero attached hydrogens (tertiary/aromatic N) is 3. The zero-order valence-corrected chi connectivity index (χ0v) is 23.9. The number of aromatic nitrogens is 2. The number of rotatable bonds is 8. The molecule has 0 saturated carbocycles. The van der Waals surface area contributed by atoms with Crippen molar-refractivity contribution in [2.45, 2.75) is 32.2 Å². The Morgan fingerprint density at radius 3 is 2.71 bits per heavy atom. The van der Waals surface area contributed by atoms with Crippen LogP contribution in [0.15, 0.2) is 59.6 Å². The highest BCUT2D eigenvalue weighted by Crippen LogP contribution is 2.38. The minimum absolute atomic E-state index is 0.0604. The molecule has 0 radical (unpaired) electrons. The normalized spacial score (nSPS) is 20.0. The van der Waals surface area contributed by atoms with E-state index < -0.39 is 15.9 Å². The number of carbonyl (C=O) groups excluding carboxylic acids is 1. The van der Waals surface area contributed by atoms with Gasteiger partial charge in [0.25, 0.3) is 5.91 Å². The van der Waals surface area contributed by atoms with Crippen molar-refractivity contribution in [3.05, 3.63) is 70.2 Å². The monoisotopic (exact) mass is 587 g/mol. The van der Waals surface area contributed by atoms with Gasteiger partial charge >= 0.3 is 0 Å². The molecule has 1 atom stereocenters. The van der Waals surface area contributed by atoms with Gasteiger partial charge in [-0.3, -0.25) is 9.69 Å². The Morgan fingerprint density at radius 2 is 2.03 bits per heavy atom. The minimum Gasteiger partial charge on any atom is -0.492 e. The molecule has 1 aromatic heterocycles. The van der Waals surface area contributed by atoms with Crippen LogP contribution < -0.4 is 4.74 Å². The third-order valence-electron chi connectivity index (χ3n) is 6.41. The third kappa shape index (κ3) is 5.68. The molecule has 3 aromatic rings. The number of sulfone groups is 1. The van der Waals surface area contributed by atoms with Gasteiger partial charge in [-0.25, -0.2) is 13.1 Å². The molecule has 0 N–H and O–H groups in total. The summed E-state index contributed by atoms with van der Waals surface area (Å²) in [5.74, 6) is 0.342. The van der Waals surface area contributed by atoms with Gasteiger partial charge in [-0.05, 0) is 49.2 Å². The molecular weight excluding hydrogens is 562 g/mol. The SMILES string of the molecule is CCCCOc1ccc(-c2nn(-c3ccccc3)cc2/C=C2\SC(=S)N(C3CCS(=O)(=O)C3)C2=O)cc1Cl. The molecule has 2 aliphatic rings. The van der Waals surface area contributed by atoms with Crippen LogP contribution in [-0.2, 0) is 14.6 Å². The molecule has 11 heteroatoms. The largest absolute Gasteiger partial charge is 0.492 e. The zero-order valence-electron chi connectivity index (χ0n) is 20.7. The molecule has 3 heterocycles. The minimum atomic E-state index is -3.16. The Labute approximate surface area is 236 Å². The van der Waals surface area contributed by atoms with Crippen molar-refractivity contribution in [1.29, 1.82) is 0 Å². The van der Waals surface area contributed by atoms with Gasteiger partial charge in [0.15, 0.2) is 9.84 Å². The van der Waals surface area contributed by atoms with Crippen molar-refractivity contribution in [3.63, 3.8) is 0 Å². The summed E-state index contributed by atoms with van der Waals surface area (Å²) in [5, 5.41) is 5.30. The van der Waals surface area contributed by atoms with Crippen LogP contribution in [0.1, 0.15) is 31.7 Å². The lowest BCUT2D eigenvalue weighted by atomic mass is 10.1. The highest BCUT2D eigenvalue weighted by molar-refractivity contribution is 8.26. The molecule has 2 aliphatic heterocycles. The standard InChI is InChI=1S/C27H26ClN3O4S3/c1-2-3-12-35-23-10-9-18(14-22(23)28)25-19(16-30(29-25)20-7-5-4-6-8-20)15-24-26(32)31(27(36)37-24)21-11-13-38(33,34)17-21/h4-10,14-16,21H,2-3,11-13,17H2,1H3/b24-15-. The first kappa shape index (κ1) is 26.9. The average molecular weight is 588 g/mol. The van der Waals surface area contributed by atoms with E-state index in [1.165, 1.54) is 16.7 Å². The highest BCUT2D eigenvalue weighted by atomic mass is 35.5. The maximum atomic E-state index is 13.4.